The molecule has 0 unspecified atom stereocenters. The number of hydrogen-bond acceptors (Lipinski definition) is 3. The lowest BCUT2D eigenvalue weighted by molar-refractivity contribution is 0.0664. The first kappa shape index (κ1) is 19.4. The van der Waals surface area contributed by atoms with Gasteiger partial charge in [0.15, 0.2) is 5.75 Å². The van der Waals surface area contributed by atoms with Crippen molar-refractivity contribution in [3.05, 3.63) is 27.7 Å². The van der Waals surface area contributed by atoms with Crippen LogP contribution in [-0.4, -0.2) is 55.5 Å². The number of amides is 1. The van der Waals surface area contributed by atoms with Crippen LogP contribution in [0.1, 0.15) is 43.0 Å². The van der Waals surface area contributed by atoms with Crippen LogP contribution in [0, 0.1) is 0 Å². The second-order valence-corrected chi connectivity index (χ2v) is 7.09. The fourth-order valence-electron chi connectivity index (χ4n) is 2.72. The van der Waals surface area contributed by atoms with E-state index in [1.165, 1.54) is 12.8 Å². The van der Waals surface area contributed by atoms with E-state index in [0.717, 1.165) is 39.0 Å². The fraction of sp³-hybridized carbons (Fsp3) is 0.611. The van der Waals surface area contributed by atoms with Crippen LogP contribution in [0.5, 0.6) is 5.75 Å². The summed E-state index contributed by atoms with van der Waals surface area (Å²) in [5.74, 6) is 0.450. The Labute approximate surface area is 154 Å². The Bertz CT molecular complexity index is 535. The first-order valence-electron chi connectivity index (χ1n) is 8.62. The van der Waals surface area contributed by atoms with Crippen molar-refractivity contribution in [3.8, 4) is 5.75 Å². The normalized spacial score (nSPS) is 15.6. The van der Waals surface area contributed by atoms with E-state index < -0.39 is 0 Å². The summed E-state index contributed by atoms with van der Waals surface area (Å²) in [5, 5.41) is 0.797. The Morgan fingerprint density at radius 2 is 1.71 bits per heavy atom. The van der Waals surface area contributed by atoms with Crippen molar-refractivity contribution in [3.63, 3.8) is 0 Å². The molecule has 1 amide bonds. The number of likely N-dealkylation sites (N-methyl/N-ethyl adjacent to an activating group) is 1. The van der Waals surface area contributed by atoms with Gasteiger partial charge >= 0.3 is 0 Å². The Balaban J connectivity index is 1.99. The summed E-state index contributed by atoms with van der Waals surface area (Å²) in [6.07, 6.45) is 4.49. The lowest BCUT2D eigenvalue weighted by Crippen LogP contribution is -2.47. The van der Waals surface area contributed by atoms with Gasteiger partial charge in [0, 0.05) is 31.7 Å². The van der Waals surface area contributed by atoms with E-state index in [0.29, 0.717) is 28.0 Å². The average molecular weight is 373 g/mol. The predicted molar refractivity (Wildman–Crippen MR) is 99.5 cm³/mol. The molecule has 24 heavy (non-hydrogen) atoms. The van der Waals surface area contributed by atoms with Crippen LogP contribution in [0.4, 0.5) is 0 Å². The highest BCUT2D eigenvalue weighted by molar-refractivity contribution is 6.37. The van der Waals surface area contributed by atoms with Gasteiger partial charge in [-0.1, -0.05) is 49.4 Å². The summed E-state index contributed by atoms with van der Waals surface area (Å²) >= 11 is 12.6. The smallest absolute Gasteiger partial charge is 0.254 e. The van der Waals surface area contributed by atoms with Crippen LogP contribution in [-0.2, 0) is 0 Å². The Morgan fingerprint density at radius 1 is 1.08 bits per heavy atom. The fourth-order valence-corrected chi connectivity index (χ4v) is 3.31. The van der Waals surface area contributed by atoms with Crippen molar-refractivity contribution in [2.24, 2.45) is 0 Å². The first-order valence-corrected chi connectivity index (χ1v) is 9.38. The number of piperazine rings is 1. The number of ether oxygens (including phenoxy) is 1. The summed E-state index contributed by atoms with van der Waals surface area (Å²) in [6, 6.07) is 3.32. The number of carbonyl (C=O) groups excluding carboxylic acids is 1. The van der Waals surface area contributed by atoms with Crippen LogP contribution in [0.25, 0.3) is 0 Å². The van der Waals surface area contributed by atoms with Crippen molar-refractivity contribution in [1.82, 2.24) is 9.80 Å². The van der Waals surface area contributed by atoms with Gasteiger partial charge in [-0.25, -0.2) is 0 Å². The molecule has 1 heterocycles. The quantitative estimate of drug-likeness (QED) is 0.667. The molecular weight excluding hydrogens is 347 g/mol. The standard InChI is InChI=1S/C18H26Cl2N2O2/c1-3-4-5-6-11-24-17-15(19)12-14(13-16(17)20)18(23)22-9-7-21(2)8-10-22/h12-13H,3-11H2,1-2H3. The van der Waals surface area contributed by atoms with E-state index in [1.54, 1.807) is 12.1 Å². The van der Waals surface area contributed by atoms with Gasteiger partial charge in [-0.05, 0) is 25.6 Å². The van der Waals surface area contributed by atoms with Gasteiger partial charge in [0.25, 0.3) is 5.91 Å². The first-order chi connectivity index (χ1) is 11.5. The molecule has 2 rings (SSSR count). The number of halogens is 2. The van der Waals surface area contributed by atoms with Crippen molar-refractivity contribution < 1.29 is 9.53 Å². The molecule has 4 nitrogen and oxygen atoms in total. The summed E-state index contributed by atoms with van der Waals surface area (Å²) in [7, 11) is 2.06. The molecule has 0 bridgehead atoms. The molecule has 1 saturated heterocycles. The number of benzene rings is 1. The maximum atomic E-state index is 12.6. The molecule has 0 aliphatic carbocycles. The average Bonchev–Trinajstić information content (AvgIpc) is 2.56. The molecule has 6 heteroatoms. The van der Waals surface area contributed by atoms with E-state index >= 15 is 0 Å². The summed E-state index contributed by atoms with van der Waals surface area (Å²) < 4.78 is 5.71. The molecule has 0 spiro atoms. The highest BCUT2D eigenvalue weighted by Crippen LogP contribution is 2.34. The molecule has 0 radical (unpaired) electrons. The largest absolute Gasteiger partial charge is 0.490 e. The molecule has 0 saturated carbocycles. The Kier molecular flexibility index (Phi) is 7.66. The van der Waals surface area contributed by atoms with Gasteiger partial charge in [-0.3, -0.25) is 4.79 Å². The monoisotopic (exact) mass is 372 g/mol. The molecule has 0 aromatic heterocycles. The molecule has 1 fully saturated rings. The molecule has 1 aliphatic heterocycles. The summed E-state index contributed by atoms with van der Waals surface area (Å²) in [4.78, 5) is 16.7. The zero-order valence-corrected chi connectivity index (χ0v) is 16.0. The van der Waals surface area contributed by atoms with Gasteiger partial charge in [-0.15, -0.1) is 0 Å². The highest BCUT2D eigenvalue weighted by Gasteiger charge is 2.22. The second-order valence-electron chi connectivity index (χ2n) is 6.27. The lowest BCUT2D eigenvalue weighted by Gasteiger charge is -2.32. The van der Waals surface area contributed by atoms with Crippen LogP contribution >= 0.6 is 23.2 Å². The minimum absolute atomic E-state index is 0.0265. The third-order valence-electron chi connectivity index (χ3n) is 4.28. The van der Waals surface area contributed by atoms with Gasteiger partial charge in [-0.2, -0.15) is 0 Å². The predicted octanol–water partition coefficient (Wildman–Crippen LogP) is 4.34. The second kappa shape index (κ2) is 9.50. The number of nitrogens with zero attached hydrogens (tertiary/aromatic N) is 2. The molecule has 134 valence electrons. The highest BCUT2D eigenvalue weighted by atomic mass is 35.5. The molecule has 1 aliphatic rings. The van der Waals surface area contributed by atoms with Gasteiger partial charge in [0.2, 0.25) is 0 Å². The van der Waals surface area contributed by atoms with Crippen LogP contribution in [0.15, 0.2) is 12.1 Å². The number of carbonyl (C=O) groups is 1. The number of hydrogen-bond donors (Lipinski definition) is 0. The maximum absolute atomic E-state index is 12.6. The van der Waals surface area contributed by atoms with Gasteiger partial charge in [0.05, 0.1) is 16.7 Å². The molecule has 1 aromatic carbocycles. The van der Waals surface area contributed by atoms with Crippen LogP contribution in [0.2, 0.25) is 10.0 Å². The lowest BCUT2D eigenvalue weighted by atomic mass is 10.1. The van der Waals surface area contributed by atoms with E-state index in [4.69, 9.17) is 27.9 Å². The number of rotatable bonds is 7. The van der Waals surface area contributed by atoms with Gasteiger partial charge < -0.3 is 14.5 Å². The third-order valence-corrected chi connectivity index (χ3v) is 4.84. The topological polar surface area (TPSA) is 32.8 Å². The number of unbranched alkanes of at least 4 members (excludes halogenated alkanes) is 3. The zero-order valence-electron chi connectivity index (χ0n) is 14.5. The molecule has 0 atom stereocenters. The van der Waals surface area contributed by atoms with Crippen molar-refractivity contribution in [1.29, 1.82) is 0 Å². The minimum atomic E-state index is -0.0265. The third kappa shape index (κ3) is 5.27. The van der Waals surface area contributed by atoms with Crippen molar-refractivity contribution in [2.75, 3.05) is 39.8 Å². The van der Waals surface area contributed by atoms with Crippen molar-refractivity contribution in [2.45, 2.75) is 32.6 Å². The summed E-state index contributed by atoms with van der Waals surface area (Å²) in [5.41, 5.74) is 0.521. The minimum Gasteiger partial charge on any atom is -0.490 e. The molecule has 1 aromatic rings. The van der Waals surface area contributed by atoms with Crippen molar-refractivity contribution >= 4 is 29.1 Å². The maximum Gasteiger partial charge on any atom is 0.254 e. The van der Waals surface area contributed by atoms with E-state index in [9.17, 15) is 4.79 Å². The molecular formula is C18H26Cl2N2O2. The Hall–Kier alpha value is -0.970. The van der Waals surface area contributed by atoms with Gasteiger partial charge in [0.1, 0.15) is 0 Å². The van der Waals surface area contributed by atoms with E-state index in [-0.39, 0.29) is 5.91 Å². The Morgan fingerprint density at radius 3 is 2.29 bits per heavy atom. The van der Waals surface area contributed by atoms with E-state index in [2.05, 4.69) is 18.9 Å². The SMILES string of the molecule is CCCCCCOc1c(Cl)cc(C(=O)N2CCN(C)CC2)cc1Cl. The van der Waals surface area contributed by atoms with Crippen LogP contribution < -0.4 is 4.74 Å². The molecule has 0 N–H and O–H groups in total. The zero-order chi connectivity index (χ0) is 17.5. The summed E-state index contributed by atoms with van der Waals surface area (Å²) in [6.45, 7) is 5.97. The van der Waals surface area contributed by atoms with E-state index in [1.807, 2.05) is 4.90 Å². The van der Waals surface area contributed by atoms with Crippen LogP contribution in [0.3, 0.4) is 0 Å².